The molecule has 1 amide bonds. The van der Waals surface area contributed by atoms with Crippen LogP contribution in [0.25, 0.3) is 21.9 Å². The number of anilines is 2. The van der Waals surface area contributed by atoms with Gasteiger partial charge in [0.2, 0.25) is 5.91 Å². The van der Waals surface area contributed by atoms with Crippen molar-refractivity contribution in [2.75, 3.05) is 11.1 Å². The summed E-state index contributed by atoms with van der Waals surface area (Å²) in [7, 11) is 0. The maximum atomic E-state index is 14.9. The zero-order chi connectivity index (χ0) is 21.7. The maximum Gasteiger partial charge on any atom is 0.249 e. The van der Waals surface area contributed by atoms with Crippen LogP contribution < -0.4 is 11.1 Å². The molecule has 0 bridgehead atoms. The molecule has 1 unspecified atom stereocenters. The Balaban J connectivity index is 1.42. The predicted octanol–water partition coefficient (Wildman–Crippen LogP) is 4.37. The fraction of sp³-hybridized carbons (Fsp3) is 0.250. The average molecular weight is 413 g/mol. The smallest absolute Gasteiger partial charge is 0.249 e. The first-order valence-corrected chi connectivity index (χ1v) is 10.1. The molecular weight excluding hydrogens is 393 g/mol. The van der Waals surface area contributed by atoms with Gasteiger partial charge in [-0.3, -0.25) is 9.78 Å². The van der Waals surface area contributed by atoms with Crippen LogP contribution in [-0.2, 0) is 4.79 Å². The van der Waals surface area contributed by atoms with Gasteiger partial charge < -0.3 is 11.1 Å². The van der Waals surface area contributed by atoms with Crippen LogP contribution in [0.5, 0.6) is 0 Å². The zero-order valence-electron chi connectivity index (χ0n) is 16.9. The van der Waals surface area contributed by atoms with Gasteiger partial charge in [0.15, 0.2) is 5.82 Å². The summed E-state index contributed by atoms with van der Waals surface area (Å²) in [6.07, 6.45) is 7.96. The largest absolute Gasteiger partial charge is 0.396 e. The molecule has 2 aromatic heterocycles. The second-order valence-corrected chi connectivity index (χ2v) is 8.32. The number of nitrogens with two attached hydrogens (primary N) is 1. The molecule has 3 aromatic rings. The summed E-state index contributed by atoms with van der Waals surface area (Å²) in [5, 5.41) is 13.0. The number of aryl methyl sites for hydroxylation is 1. The van der Waals surface area contributed by atoms with E-state index in [4.69, 9.17) is 11.0 Å². The molecule has 2 saturated carbocycles. The van der Waals surface area contributed by atoms with Crippen molar-refractivity contribution in [1.82, 2.24) is 9.97 Å². The Kier molecular flexibility index (Phi) is 4.44. The van der Waals surface area contributed by atoms with E-state index in [0.29, 0.717) is 39.6 Å². The number of nitriles is 1. The highest BCUT2D eigenvalue weighted by atomic mass is 19.1. The Morgan fingerprint density at radius 2 is 2.06 bits per heavy atom. The van der Waals surface area contributed by atoms with Gasteiger partial charge in [0.1, 0.15) is 5.82 Å². The van der Waals surface area contributed by atoms with E-state index in [1.54, 1.807) is 30.6 Å². The van der Waals surface area contributed by atoms with Gasteiger partial charge in [-0.25, -0.2) is 9.37 Å². The van der Waals surface area contributed by atoms with Gasteiger partial charge in [0, 0.05) is 41.2 Å². The van der Waals surface area contributed by atoms with Crippen LogP contribution in [-0.4, -0.2) is 15.9 Å². The second kappa shape index (κ2) is 7.17. The SMILES string of the molecule is Cc1ccncc1-c1cc2cc(NC(=O)C=C3C[C@@H]4C(C#N)[C@@H]4C3)ncc2c(N)c1F. The Morgan fingerprint density at radius 3 is 2.77 bits per heavy atom. The third-order valence-electron chi connectivity index (χ3n) is 6.39. The number of aromatic nitrogens is 2. The van der Waals surface area contributed by atoms with Crippen molar-refractivity contribution in [3.8, 4) is 17.2 Å². The summed E-state index contributed by atoms with van der Waals surface area (Å²) in [4.78, 5) is 20.8. The highest BCUT2D eigenvalue weighted by molar-refractivity contribution is 6.02. The standard InChI is InChI=1S/C24H20FN5O/c1-12-2-3-28-10-19(12)17-7-14-8-21(29-11-20(14)24(27)23(17)25)30-22(31)6-13-4-15-16(5-13)18(15)9-26/h2-3,6-8,10-11,15-16,18H,4-5,27H2,1H3,(H,29,30,31)/t15-,16+,18?. The summed E-state index contributed by atoms with van der Waals surface area (Å²) in [5.41, 5.74) is 9.04. The molecule has 2 aliphatic carbocycles. The monoisotopic (exact) mass is 413 g/mol. The number of amides is 1. The van der Waals surface area contributed by atoms with Gasteiger partial charge in [-0.15, -0.1) is 0 Å². The van der Waals surface area contributed by atoms with Gasteiger partial charge in [-0.2, -0.15) is 5.26 Å². The van der Waals surface area contributed by atoms with Crippen molar-refractivity contribution in [3.05, 3.63) is 59.8 Å². The van der Waals surface area contributed by atoms with E-state index in [1.807, 2.05) is 13.0 Å². The summed E-state index contributed by atoms with van der Waals surface area (Å²) in [6.45, 7) is 1.88. The van der Waals surface area contributed by atoms with Gasteiger partial charge in [0.05, 0.1) is 17.7 Å². The number of carbonyl (C=O) groups excluding carboxylic acids is 1. The van der Waals surface area contributed by atoms with Gasteiger partial charge in [0.25, 0.3) is 0 Å². The predicted molar refractivity (Wildman–Crippen MR) is 116 cm³/mol. The number of hydrogen-bond donors (Lipinski definition) is 2. The van der Waals surface area contributed by atoms with Crippen molar-refractivity contribution >= 4 is 28.2 Å². The molecule has 2 aliphatic rings. The molecule has 0 aliphatic heterocycles. The van der Waals surface area contributed by atoms with Crippen LogP contribution in [0.1, 0.15) is 18.4 Å². The quantitative estimate of drug-likeness (QED) is 0.490. The Morgan fingerprint density at radius 1 is 1.29 bits per heavy atom. The van der Waals surface area contributed by atoms with Crippen molar-refractivity contribution in [2.45, 2.75) is 19.8 Å². The second-order valence-electron chi connectivity index (χ2n) is 8.32. The molecule has 0 spiro atoms. The topological polar surface area (TPSA) is 105 Å². The van der Waals surface area contributed by atoms with Gasteiger partial charge >= 0.3 is 0 Å². The minimum absolute atomic E-state index is 0.0143. The first-order chi connectivity index (χ1) is 15.0. The van der Waals surface area contributed by atoms with E-state index in [-0.39, 0.29) is 17.5 Å². The summed E-state index contributed by atoms with van der Waals surface area (Å²) in [5.74, 6) is 0.584. The first-order valence-electron chi connectivity index (χ1n) is 10.1. The summed E-state index contributed by atoms with van der Waals surface area (Å²) >= 11 is 0. The minimum Gasteiger partial charge on any atom is -0.396 e. The Hall–Kier alpha value is -3.79. The minimum atomic E-state index is -0.512. The molecule has 3 N–H and O–H groups in total. The number of carbonyl (C=O) groups is 1. The lowest BCUT2D eigenvalue weighted by atomic mass is 9.98. The molecule has 3 atom stereocenters. The molecular formula is C24H20FN5O. The summed E-state index contributed by atoms with van der Waals surface area (Å²) in [6, 6.07) is 7.52. The van der Waals surface area contributed by atoms with E-state index in [9.17, 15) is 9.18 Å². The molecule has 2 heterocycles. The average Bonchev–Trinajstić information content (AvgIpc) is 3.23. The van der Waals surface area contributed by atoms with E-state index >= 15 is 0 Å². The lowest BCUT2D eigenvalue weighted by molar-refractivity contribution is -0.112. The molecule has 0 saturated heterocycles. The van der Waals surface area contributed by atoms with Crippen LogP contribution in [0.15, 0.2) is 48.4 Å². The number of rotatable bonds is 3. The molecule has 154 valence electrons. The highest BCUT2D eigenvalue weighted by Crippen LogP contribution is 2.59. The third kappa shape index (κ3) is 3.30. The Labute approximate surface area is 178 Å². The van der Waals surface area contributed by atoms with E-state index in [1.165, 1.54) is 6.20 Å². The number of nitrogens with one attached hydrogen (secondary N) is 1. The maximum absolute atomic E-state index is 14.9. The number of hydrogen-bond acceptors (Lipinski definition) is 5. The fourth-order valence-corrected chi connectivity index (χ4v) is 4.66. The number of pyridine rings is 2. The van der Waals surface area contributed by atoms with E-state index in [2.05, 4.69) is 21.4 Å². The summed E-state index contributed by atoms with van der Waals surface area (Å²) < 4.78 is 14.9. The fourth-order valence-electron chi connectivity index (χ4n) is 4.66. The normalized spacial score (nSPS) is 22.9. The number of nitrogens with zero attached hydrogens (tertiary/aromatic N) is 3. The van der Waals surface area contributed by atoms with E-state index in [0.717, 1.165) is 24.0 Å². The molecule has 1 aromatic carbocycles. The highest BCUT2D eigenvalue weighted by Gasteiger charge is 2.54. The van der Waals surface area contributed by atoms with Crippen LogP contribution in [0, 0.1) is 41.8 Å². The van der Waals surface area contributed by atoms with Crippen molar-refractivity contribution < 1.29 is 9.18 Å². The van der Waals surface area contributed by atoms with E-state index < -0.39 is 5.82 Å². The van der Waals surface area contributed by atoms with Crippen molar-refractivity contribution in [2.24, 2.45) is 17.8 Å². The van der Waals surface area contributed by atoms with Crippen molar-refractivity contribution in [3.63, 3.8) is 0 Å². The van der Waals surface area contributed by atoms with Gasteiger partial charge in [-0.1, -0.05) is 5.57 Å². The number of allylic oxidation sites excluding steroid dienone is 1. The molecule has 7 heteroatoms. The molecule has 0 radical (unpaired) electrons. The van der Waals surface area contributed by atoms with Crippen LogP contribution in [0.3, 0.4) is 0 Å². The van der Waals surface area contributed by atoms with Gasteiger partial charge in [-0.05, 0) is 60.7 Å². The molecule has 31 heavy (non-hydrogen) atoms. The first kappa shape index (κ1) is 19.2. The number of benzene rings is 1. The lowest BCUT2D eigenvalue weighted by Gasteiger charge is -2.12. The van der Waals surface area contributed by atoms with Crippen LogP contribution >= 0.6 is 0 Å². The molecule has 2 fully saturated rings. The third-order valence-corrected chi connectivity index (χ3v) is 6.39. The lowest BCUT2D eigenvalue weighted by Crippen LogP contribution is -2.10. The molecule has 6 nitrogen and oxygen atoms in total. The van der Waals surface area contributed by atoms with Crippen LogP contribution in [0.2, 0.25) is 0 Å². The Bertz CT molecular complexity index is 1300. The number of fused-ring (bicyclic) bond motifs is 2. The van der Waals surface area contributed by atoms with Crippen molar-refractivity contribution in [1.29, 1.82) is 5.26 Å². The zero-order valence-corrected chi connectivity index (χ0v) is 16.9. The molecule has 5 rings (SSSR count). The van der Waals surface area contributed by atoms with Crippen LogP contribution in [0.4, 0.5) is 15.9 Å². The number of nitrogen functional groups attached to an aromatic ring is 1. The number of halogens is 1.